The molecule has 1 atom stereocenters. The third-order valence-electron chi connectivity index (χ3n) is 3.74. The summed E-state index contributed by atoms with van der Waals surface area (Å²) in [6, 6.07) is 7.24. The van der Waals surface area contributed by atoms with E-state index >= 15 is 0 Å². The normalized spacial score (nSPS) is 12.6. The molecule has 2 N–H and O–H groups in total. The highest BCUT2D eigenvalue weighted by molar-refractivity contribution is 9.11. The number of phenolic OH excluding ortho intramolecular Hbond substituents is 1. The predicted molar refractivity (Wildman–Crippen MR) is 119 cm³/mol. The number of nitrogens with one attached hydrogen (secondary N) is 1. The van der Waals surface area contributed by atoms with E-state index in [0.29, 0.717) is 20.2 Å². The number of hydrogen-bond acceptors (Lipinski definition) is 7. The number of halogens is 3. The van der Waals surface area contributed by atoms with Crippen LogP contribution in [0, 0.1) is 10.1 Å². The fourth-order valence-electron chi connectivity index (χ4n) is 2.54. The maximum atomic E-state index is 13.5. The summed E-state index contributed by atoms with van der Waals surface area (Å²) < 4.78 is 25.2. The molecule has 2 aromatic carbocycles. The number of aromatic hydroxyl groups is 1. The zero-order valence-corrected chi connectivity index (χ0v) is 20.2. The summed E-state index contributed by atoms with van der Waals surface area (Å²) in [5.74, 6) is -1.08. The Kier molecular flexibility index (Phi) is 8.51. The van der Waals surface area contributed by atoms with E-state index in [2.05, 4.69) is 37.2 Å². The zero-order chi connectivity index (χ0) is 21.8. The van der Waals surface area contributed by atoms with E-state index in [1.165, 1.54) is 18.2 Å². The molecule has 0 radical (unpaired) electrons. The minimum absolute atomic E-state index is 0.00738. The number of anilines is 1. The molecule has 0 fully saturated rings. The lowest BCUT2D eigenvalue weighted by Crippen LogP contribution is -2.15. The Morgan fingerprint density at radius 3 is 2.24 bits per heavy atom. The highest BCUT2D eigenvalue weighted by atomic mass is 79.9. The summed E-state index contributed by atoms with van der Waals surface area (Å²) in [4.78, 5) is 10.7. The van der Waals surface area contributed by atoms with Gasteiger partial charge in [-0.1, -0.05) is 17.7 Å². The number of nitrogens with zero attached hydrogens (tertiary/aromatic N) is 1. The molecule has 8 nitrogen and oxygen atoms in total. The van der Waals surface area contributed by atoms with E-state index < -0.39 is 18.3 Å². The van der Waals surface area contributed by atoms with E-state index in [1.54, 1.807) is 26.0 Å². The van der Waals surface area contributed by atoms with Crippen LogP contribution in [0.4, 0.5) is 11.4 Å². The quantitative estimate of drug-likeness (QED) is 0.146. The molecule has 12 heteroatoms. The van der Waals surface area contributed by atoms with Gasteiger partial charge >= 0.3 is 7.60 Å². The van der Waals surface area contributed by atoms with Crippen LogP contribution in [0.3, 0.4) is 0 Å². The lowest BCUT2D eigenvalue weighted by atomic mass is 10.2. The zero-order valence-electron chi connectivity index (χ0n) is 15.4. The molecule has 0 saturated heterocycles. The molecule has 0 spiro atoms. The fourth-order valence-corrected chi connectivity index (χ4v) is 5.84. The molecular weight excluding hydrogens is 554 g/mol. The van der Waals surface area contributed by atoms with Gasteiger partial charge in [0.2, 0.25) is 0 Å². The average molecular weight is 573 g/mol. The van der Waals surface area contributed by atoms with Crippen molar-refractivity contribution < 1.29 is 23.6 Å². The monoisotopic (exact) mass is 570 g/mol. The van der Waals surface area contributed by atoms with Crippen LogP contribution in [0.1, 0.15) is 25.2 Å². The second-order valence-electron chi connectivity index (χ2n) is 5.68. The summed E-state index contributed by atoms with van der Waals surface area (Å²) in [6.07, 6.45) is 0. The van der Waals surface area contributed by atoms with Gasteiger partial charge in [0.1, 0.15) is 10.8 Å². The molecule has 158 valence electrons. The van der Waals surface area contributed by atoms with Gasteiger partial charge < -0.3 is 19.5 Å². The van der Waals surface area contributed by atoms with Gasteiger partial charge in [-0.2, -0.15) is 0 Å². The van der Waals surface area contributed by atoms with Crippen LogP contribution < -0.4 is 5.32 Å². The maximum absolute atomic E-state index is 13.5. The van der Waals surface area contributed by atoms with E-state index in [0.717, 1.165) is 0 Å². The summed E-state index contributed by atoms with van der Waals surface area (Å²) in [7, 11) is -3.79. The van der Waals surface area contributed by atoms with Gasteiger partial charge in [-0.3, -0.25) is 14.7 Å². The molecular formula is C17H18Br2ClN2O6P. The van der Waals surface area contributed by atoms with Crippen molar-refractivity contribution in [2.24, 2.45) is 0 Å². The highest BCUT2D eigenvalue weighted by Gasteiger charge is 2.38. The molecule has 29 heavy (non-hydrogen) atoms. The molecule has 0 aliphatic heterocycles. The Bertz CT molecular complexity index is 929. The molecule has 0 heterocycles. The molecule has 0 aliphatic carbocycles. The first-order chi connectivity index (χ1) is 13.6. The molecule has 2 aromatic rings. The van der Waals surface area contributed by atoms with Crippen LogP contribution in [-0.2, 0) is 13.6 Å². The molecule has 0 amide bonds. The van der Waals surface area contributed by atoms with Crippen molar-refractivity contribution in [1.82, 2.24) is 0 Å². The Labute approximate surface area is 189 Å². The van der Waals surface area contributed by atoms with Gasteiger partial charge in [0.25, 0.3) is 5.69 Å². The topological polar surface area (TPSA) is 111 Å². The number of nitro groups is 1. The average Bonchev–Trinajstić information content (AvgIpc) is 2.64. The SMILES string of the molecule is CCOP(=O)(OCC)C(Nc1cc(Br)c(O)c(Br)c1)c1ccc(Cl)c([N+](=O)[O-])c1. The van der Waals surface area contributed by atoms with Gasteiger partial charge in [0, 0.05) is 11.8 Å². The van der Waals surface area contributed by atoms with E-state index in [-0.39, 0.29) is 29.7 Å². The van der Waals surface area contributed by atoms with Crippen molar-refractivity contribution >= 4 is 62.4 Å². The van der Waals surface area contributed by atoms with Gasteiger partial charge in [-0.05, 0) is 69.5 Å². The smallest absolute Gasteiger partial charge is 0.357 e. The third kappa shape index (κ3) is 5.71. The lowest BCUT2D eigenvalue weighted by Gasteiger charge is -2.28. The van der Waals surface area contributed by atoms with Crippen LogP contribution in [0.15, 0.2) is 39.3 Å². The van der Waals surface area contributed by atoms with E-state index in [9.17, 15) is 19.8 Å². The summed E-state index contributed by atoms with van der Waals surface area (Å²) in [6.45, 7) is 3.55. The Hall–Kier alpha value is -1.16. The van der Waals surface area contributed by atoms with Crippen molar-refractivity contribution in [3.8, 4) is 5.75 Å². The van der Waals surface area contributed by atoms with Crippen molar-refractivity contribution in [3.63, 3.8) is 0 Å². The standard InChI is InChI=1S/C17H18Br2ClN2O6P/c1-3-27-29(26,28-4-2)17(10-5-6-14(20)15(7-10)22(24)25)21-11-8-12(18)16(23)13(19)9-11/h5-9,17,21,23H,3-4H2,1-2H3. The van der Waals surface area contributed by atoms with Crippen molar-refractivity contribution in [1.29, 1.82) is 0 Å². The number of phenols is 1. The number of rotatable bonds is 9. The van der Waals surface area contributed by atoms with Crippen molar-refractivity contribution in [2.45, 2.75) is 19.6 Å². The molecule has 0 bridgehead atoms. The van der Waals surface area contributed by atoms with Gasteiger partial charge in [0.15, 0.2) is 5.78 Å². The first kappa shape index (κ1) is 24.1. The first-order valence-electron chi connectivity index (χ1n) is 8.40. The number of benzene rings is 2. The van der Waals surface area contributed by atoms with Gasteiger partial charge in [-0.25, -0.2) is 0 Å². The van der Waals surface area contributed by atoms with Crippen LogP contribution in [0.5, 0.6) is 5.75 Å². The second-order valence-corrected chi connectivity index (χ2v) is 9.91. The first-order valence-corrected chi connectivity index (χ1v) is 12.0. The highest BCUT2D eigenvalue weighted by Crippen LogP contribution is 2.61. The van der Waals surface area contributed by atoms with Crippen LogP contribution >= 0.6 is 51.1 Å². The van der Waals surface area contributed by atoms with E-state index in [1.807, 2.05) is 0 Å². The predicted octanol–water partition coefficient (Wildman–Crippen LogP) is 6.86. The maximum Gasteiger partial charge on any atom is 0.357 e. The molecule has 0 saturated carbocycles. The number of hydrogen-bond donors (Lipinski definition) is 2. The summed E-state index contributed by atoms with van der Waals surface area (Å²) >= 11 is 12.4. The lowest BCUT2D eigenvalue weighted by molar-refractivity contribution is -0.384. The fraction of sp³-hybridized carbons (Fsp3) is 0.294. The molecule has 0 aliphatic rings. The molecule has 2 rings (SSSR count). The van der Waals surface area contributed by atoms with Gasteiger partial charge in [-0.15, -0.1) is 0 Å². The van der Waals surface area contributed by atoms with E-state index in [4.69, 9.17) is 20.6 Å². The minimum atomic E-state index is -3.79. The molecule has 0 aromatic heterocycles. The third-order valence-corrected chi connectivity index (χ3v) is 7.56. The van der Waals surface area contributed by atoms with Crippen LogP contribution in [-0.4, -0.2) is 23.2 Å². The van der Waals surface area contributed by atoms with Crippen molar-refractivity contribution in [3.05, 3.63) is 60.0 Å². The number of nitro benzene ring substituents is 1. The minimum Gasteiger partial charge on any atom is -0.506 e. The largest absolute Gasteiger partial charge is 0.506 e. The van der Waals surface area contributed by atoms with Crippen LogP contribution in [0.2, 0.25) is 5.02 Å². The van der Waals surface area contributed by atoms with Crippen molar-refractivity contribution in [2.75, 3.05) is 18.5 Å². The molecule has 1 unspecified atom stereocenters. The second kappa shape index (κ2) is 10.2. The van der Waals surface area contributed by atoms with Gasteiger partial charge in [0.05, 0.1) is 27.1 Å². The summed E-state index contributed by atoms with van der Waals surface area (Å²) in [5, 5.41) is 24.2. The summed E-state index contributed by atoms with van der Waals surface area (Å²) in [5.41, 5.74) is 0.430. The Morgan fingerprint density at radius 2 is 1.76 bits per heavy atom. The van der Waals surface area contributed by atoms with Crippen LogP contribution in [0.25, 0.3) is 0 Å². The Morgan fingerprint density at radius 1 is 1.21 bits per heavy atom. The Balaban J connectivity index is 2.62.